The zero-order valence-electron chi connectivity index (χ0n) is 12.7. The van der Waals surface area contributed by atoms with Gasteiger partial charge in [0.05, 0.1) is 0 Å². The predicted molar refractivity (Wildman–Crippen MR) is 82.2 cm³/mol. The van der Waals surface area contributed by atoms with Gasteiger partial charge in [-0.25, -0.2) is 0 Å². The Morgan fingerprint density at radius 2 is 2.00 bits per heavy atom. The van der Waals surface area contributed by atoms with Gasteiger partial charge in [-0.15, -0.1) is 0 Å². The summed E-state index contributed by atoms with van der Waals surface area (Å²) < 4.78 is 0. The second kappa shape index (κ2) is 6.53. The third kappa shape index (κ3) is 4.05. The molecule has 19 heavy (non-hydrogen) atoms. The Morgan fingerprint density at radius 3 is 2.63 bits per heavy atom. The maximum absolute atomic E-state index is 3.72. The second-order valence-electron chi connectivity index (χ2n) is 6.41. The normalized spacial score (nSPS) is 22.6. The molecule has 0 saturated carbocycles. The molecule has 1 aliphatic heterocycles. The number of nitrogens with one attached hydrogen (secondary N) is 1. The molecule has 1 aromatic carbocycles. The van der Waals surface area contributed by atoms with E-state index in [1.165, 1.54) is 24.9 Å². The quantitative estimate of drug-likeness (QED) is 0.874. The average molecular weight is 260 g/mol. The second-order valence-corrected chi connectivity index (χ2v) is 6.41. The van der Waals surface area contributed by atoms with Crippen molar-refractivity contribution in [3.63, 3.8) is 0 Å². The highest BCUT2D eigenvalue weighted by Gasteiger charge is 2.32. The molecule has 1 aliphatic rings. The van der Waals surface area contributed by atoms with Gasteiger partial charge in [0, 0.05) is 19.1 Å². The minimum atomic E-state index is 0.419. The first-order chi connectivity index (χ1) is 9.12. The summed E-state index contributed by atoms with van der Waals surface area (Å²) in [6.45, 7) is 11.6. The van der Waals surface area contributed by atoms with E-state index in [1.54, 1.807) is 0 Å². The van der Waals surface area contributed by atoms with Crippen molar-refractivity contribution in [1.29, 1.82) is 0 Å². The van der Waals surface area contributed by atoms with Crippen LogP contribution in [0.4, 0.5) is 0 Å². The van der Waals surface area contributed by atoms with E-state index < -0.39 is 0 Å². The summed E-state index contributed by atoms with van der Waals surface area (Å²) in [5, 5.41) is 3.72. The zero-order chi connectivity index (χ0) is 13.7. The van der Waals surface area contributed by atoms with E-state index in [9.17, 15) is 0 Å². The minimum absolute atomic E-state index is 0.419. The first kappa shape index (κ1) is 14.5. The summed E-state index contributed by atoms with van der Waals surface area (Å²) in [5.74, 6) is 0. The molecule has 0 radical (unpaired) electrons. The van der Waals surface area contributed by atoms with Crippen LogP contribution in [-0.2, 0) is 6.54 Å². The summed E-state index contributed by atoms with van der Waals surface area (Å²) in [5.41, 5.74) is 1.83. The molecule has 1 N–H and O–H groups in total. The maximum atomic E-state index is 3.72. The van der Waals surface area contributed by atoms with E-state index in [2.05, 4.69) is 61.3 Å². The van der Waals surface area contributed by atoms with Gasteiger partial charge in [0.25, 0.3) is 0 Å². The lowest BCUT2D eigenvalue weighted by atomic mass is 9.77. The Morgan fingerprint density at radius 1 is 1.26 bits per heavy atom. The first-order valence-electron chi connectivity index (χ1n) is 7.61. The molecule has 1 saturated heterocycles. The Labute approximate surface area is 118 Å². The van der Waals surface area contributed by atoms with Gasteiger partial charge in [-0.1, -0.05) is 51.1 Å². The van der Waals surface area contributed by atoms with Crippen molar-refractivity contribution in [2.24, 2.45) is 5.41 Å². The smallest absolute Gasteiger partial charge is 0.0246 e. The molecule has 2 heteroatoms. The first-order valence-corrected chi connectivity index (χ1v) is 7.61. The molecule has 0 bridgehead atoms. The van der Waals surface area contributed by atoms with E-state index in [0.717, 1.165) is 19.6 Å². The molecule has 0 amide bonds. The van der Waals surface area contributed by atoms with Gasteiger partial charge in [0.2, 0.25) is 0 Å². The van der Waals surface area contributed by atoms with Crippen LogP contribution < -0.4 is 5.32 Å². The van der Waals surface area contributed by atoms with Crippen molar-refractivity contribution in [2.45, 2.75) is 46.2 Å². The molecule has 1 aromatic rings. The van der Waals surface area contributed by atoms with Gasteiger partial charge in [0.1, 0.15) is 0 Å². The number of likely N-dealkylation sites (N-methyl/N-ethyl adjacent to an activating group) is 1. The molecule has 1 fully saturated rings. The van der Waals surface area contributed by atoms with Crippen LogP contribution in [0, 0.1) is 5.41 Å². The van der Waals surface area contributed by atoms with Crippen molar-refractivity contribution >= 4 is 0 Å². The summed E-state index contributed by atoms with van der Waals surface area (Å²) >= 11 is 0. The van der Waals surface area contributed by atoms with Crippen LogP contribution >= 0.6 is 0 Å². The van der Waals surface area contributed by atoms with E-state index >= 15 is 0 Å². The summed E-state index contributed by atoms with van der Waals surface area (Å²) in [6.07, 6.45) is 2.65. The van der Waals surface area contributed by atoms with E-state index in [4.69, 9.17) is 0 Å². The fourth-order valence-corrected chi connectivity index (χ4v) is 2.99. The lowest BCUT2D eigenvalue weighted by Crippen LogP contribution is -2.52. The highest BCUT2D eigenvalue weighted by molar-refractivity contribution is 5.14. The van der Waals surface area contributed by atoms with Crippen molar-refractivity contribution < 1.29 is 0 Å². The highest BCUT2D eigenvalue weighted by Crippen LogP contribution is 2.30. The van der Waals surface area contributed by atoms with Crippen LogP contribution in [0.5, 0.6) is 0 Å². The third-order valence-corrected chi connectivity index (χ3v) is 4.47. The minimum Gasteiger partial charge on any atom is -0.312 e. The number of hydrogen-bond acceptors (Lipinski definition) is 2. The van der Waals surface area contributed by atoms with Crippen LogP contribution in [-0.4, -0.2) is 30.6 Å². The number of rotatable bonds is 5. The van der Waals surface area contributed by atoms with E-state index in [-0.39, 0.29) is 0 Å². The summed E-state index contributed by atoms with van der Waals surface area (Å²) in [7, 11) is 0. The molecular formula is C17H28N2. The van der Waals surface area contributed by atoms with Gasteiger partial charge in [-0.05, 0) is 36.9 Å². The molecule has 0 spiro atoms. The lowest BCUT2D eigenvalue weighted by Gasteiger charge is -2.42. The molecular weight excluding hydrogens is 232 g/mol. The number of piperidine rings is 1. The fourth-order valence-electron chi connectivity index (χ4n) is 2.99. The molecule has 1 unspecified atom stereocenters. The van der Waals surface area contributed by atoms with Crippen molar-refractivity contribution in [2.75, 3.05) is 19.6 Å². The SMILES string of the molecule is CCN(Cc1ccccc1)CC1NCCCC1(C)C. The van der Waals surface area contributed by atoms with Gasteiger partial charge in [0.15, 0.2) is 0 Å². The third-order valence-electron chi connectivity index (χ3n) is 4.47. The fraction of sp³-hybridized carbons (Fsp3) is 0.647. The molecule has 0 aromatic heterocycles. The standard InChI is InChI=1S/C17H28N2/c1-4-19(13-15-9-6-5-7-10-15)14-16-17(2,3)11-8-12-18-16/h5-7,9-10,16,18H,4,8,11-14H2,1-3H3. The summed E-state index contributed by atoms with van der Waals surface area (Å²) in [4.78, 5) is 2.56. The van der Waals surface area contributed by atoms with Crippen LogP contribution in [0.15, 0.2) is 30.3 Å². The Kier molecular flexibility index (Phi) is 5.00. The van der Waals surface area contributed by atoms with Gasteiger partial charge < -0.3 is 5.32 Å². The molecule has 2 rings (SSSR count). The predicted octanol–water partition coefficient (Wildman–Crippen LogP) is 3.29. The van der Waals surface area contributed by atoms with Gasteiger partial charge in [-0.2, -0.15) is 0 Å². The highest BCUT2D eigenvalue weighted by atomic mass is 15.1. The van der Waals surface area contributed by atoms with E-state index in [1.807, 2.05) is 0 Å². The van der Waals surface area contributed by atoms with Crippen molar-refractivity contribution in [3.8, 4) is 0 Å². The monoisotopic (exact) mass is 260 g/mol. The molecule has 1 atom stereocenters. The van der Waals surface area contributed by atoms with Gasteiger partial charge in [-0.3, -0.25) is 4.90 Å². The molecule has 2 nitrogen and oxygen atoms in total. The van der Waals surface area contributed by atoms with Crippen LogP contribution in [0.1, 0.15) is 39.2 Å². The Hall–Kier alpha value is -0.860. The lowest BCUT2D eigenvalue weighted by molar-refractivity contribution is 0.125. The molecule has 1 heterocycles. The van der Waals surface area contributed by atoms with E-state index in [0.29, 0.717) is 11.5 Å². The van der Waals surface area contributed by atoms with Crippen LogP contribution in [0.3, 0.4) is 0 Å². The molecule has 106 valence electrons. The van der Waals surface area contributed by atoms with Crippen molar-refractivity contribution in [1.82, 2.24) is 10.2 Å². The average Bonchev–Trinajstić information content (AvgIpc) is 2.41. The van der Waals surface area contributed by atoms with Crippen LogP contribution in [0.25, 0.3) is 0 Å². The zero-order valence-corrected chi connectivity index (χ0v) is 12.7. The number of hydrogen-bond donors (Lipinski definition) is 1. The van der Waals surface area contributed by atoms with Crippen molar-refractivity contribution in [3.05, 3.63) is 35.9 Å². The summed E-state index contributed by atoms with van der Waals surface area (Å²) in [6, 6.07) is 11.4. The largest absolute Gasteiger partial charge is 0.312 e. The van der Waals surface area contributed by atoms with Crippen LogP contribution in [0.2, 0.25) is 0 Å². The number of benzene rings is 1. The Bertz CT molecular complexity index is 372. The topological polar surface area (TPSA) is 15.3 Å². The maximum Gasteiger partial charge on any atom is 0.0246 e. The number of nitrogens with zero attached hydrogens (tertiary/aromatic N) is 1. The Balaban J connectivity index is 1.95. The molecule has 0 aliphatic carbocycles. The van der Waals surface area contributed by atoms with Gasteiger partial charge >= 0.3 is 0 Å².